The number of aldehydes is 1. The first-order chi connectivity index (χ1) is 4.14. The minimum absolute atomic E-state index is 0.170. The SMILES string of the molecule is CC1(F)COC(C=O)O1. The summed E-state index contributed by atoms with van der Waals surface area (Å²) in [5, 5.41) is 0. The third-order valence-electron chi connectivity index (χ3n) is 0.978. The molecular weight excluding hydrogens is 127 g/mol. The van der Waals surface area contributed by atoms with Crippen molar-refractivity contribution in [2.75, 3.05) is 6.61 Å². The first kappa shape index (κ1) is 6.64. The summed E-state index contributed by atoms with van der Waals surface area (Å²) >= 11 is 0. The first-order valence-electron chi connectivity index (χ1n) is 2.58. The highest BCUT2D eigenvalue weighted by Crippen LogP contribution is 2.22. The zero-order chi connectivity index (χ0) is 6.91. The lowest BCUT2D eigenvalue weighted by Gasteiger charge is -2.07. The second-order valence-corrected chi connectivity index (χ2v) is 2.04. The Morgan fingerprint density at radius 1 is 1.89 bits per heavy atom. The zero-order valence-electron chi connectivity index (χ0n) is 4.96. The largest absolute Gasteiger partial charge is 0.340 e. The molecule has 0 bridgehead atoms. The van der Waals surface area contributed by atoms with E-state index in [1.165, 1.54) is 6.92 Å². The quantitative estimate of drug-likeness (QED) is 0.482. The lowest BCUT2D eigenvalue weighted by molar-refractivity contribution is -0.152. The molecule has 0 aromatic heterocycles. The molecule has 0 aromatic rings. The van der Waals surface area contributed by atoms with Crippen LogP contribution in [0.5, 0.6) is 0 Å². The van der Waals surface area contributed by atoms with Gasteiger partial charge in [-0.3, -0.25) is 4.79 Å². The molecule has 0 aromatic carbocycles. The Labute approximate surface area is 51.7 Å². The Morgan fingerprint density at radius 3 is 2.78 bits per heavy atom. The van der Waals surface area contributed by atoms with Crippen LogP contribution in [0.15, 0.2) is 0 Å². The molecule has 1 fully saturated rings. The molecule has 1 rings (SSSR count). The molecule has 2 atom stereocenters. The zero-order valence-corrected chi connectivity index (χ0v) is 4.96. The molecular formula is C5H7FO3. The van der Waals surface area contributed by atoms with Gasteiger partial charge in [-0.2, -0.15) is 0 Å². The van der Waals surface area contributed by atoms with Crippen molar-refractivity contribution in [1.82, 2.24) is 0 Å². The Hall–Kier alpha value is -0.480. The van der Waals surface area contributed by atoms with E-state index >= 15 is 0 Å². The molecule has 0 aliphatic carbocycles. The summed E-state index contributed by atoms with van der Waals surface area (Å²) < 4.78 is 21.5. The molecule has 3 nitrogen and oxygen atoms in total. The van der Waals surface area contributed by atoms with Gasteiger partial charge in [0.1, 0.15) is 6.61 Å². The van der Waals surface area contributed by atoms with Gasteiger partial charge in [0.05, 0.1) is 0 Å². The standard InChI is InChI=1S/C5H7FO3/c1-5(6)3-8-4(2-7)9-5/h2,4H,3H2,1H3. The van der Waals surface area contributed by atoms with E-state index in [1.54, 1.807) is 0 Å². The predicted octanol–water partition coefficient (Wildman–Crippen LogP) is 0.244. The second-order valence-electron chi connectivity index (χ2n) is 2.04. The lowest BCUT2D eigenvalue weighted by Crippen LogP contribution is -2.21. The van der Waals surface area contributed by atoms with E-state index in [9.17, 15) is 9.18 Å². The van der Waals surface area contributed by atoms with Gasteiger partial charge in [0.15, 0.2) is 6.29 Å². The molecule has 9 heavy (non-hydrogen) atoms. The van der Waals surface area contributed by atoms with Crippen LogP contribution in [0, 0.1) is 0 Å². The van der Waals surface area contributed by atoms with Crippen LogP contribution in [0.2, 0.25) is 0 Å². The maximum Gasteiger partial charge on any atom is 0.232 e. The van der Waals surface area contributed by atoms with E-state index in [2.05, 4.69) is 9.47 Å². The van der Waals surface area contributed by atoms with Gasteiger partial charge >= 0.3 is 0 Å². The third-order valence-corrected chi connectivity index (χ3v) is 0.978. The van der Waals surface area contributed by atoms with Crippen LogP contribution in [-0.4, -0.2) is 25.0 Å². The van der Waals surface area contributed by atoms with Gasteiger partial charge in [0.25, 0.3) is 0 Å². The van der Waals surface area contributed by atoms with Crippen molar-refractivity contribution in [3.8, 4) is 0 Å². The van der Waals surface area contributed by atoms with Crippen molar-refractivity contribution in [3.05, 3.63) is 0 Å². The monoisotopic (exact) mass is 134 g/mol. The highest BCUT2D eigenvalue weighted by Gasteiger charge is 2.36. The van der Waals surface area contributed by atoms with E-state index in [4.69, 9.17) is 0 Å². The van der Waals surface area contributed by atoms with E-state index in [-0.39, 0.29) is 6.61 Å². The molecule has 2 unspecified atom stereocenters. The van der Waals surface area contributed by atoms with E-state index in [0.29, 0.717) is 6.29 Å². The topological polar surface area (TPSA) is 35.5 Å². The number of hydrogen-bond acceptors (Lipinski definition) is 3. The molecule has 1 heterocycles. The van der Waals surface area contributed by atoms with Crippen molar-refractivity contribution in [2.24, 2.45) is 0 Å². The summed E-state index contributed by atoms with van der Waals surface area (Å²) in [5.41, 5.74) is 0. The molecule has 4 heteroatoms. The first-order valence-corrected chi connectivity index (χ1v) is 2.58. The third kappa shape index (κ3) is 1.46. The van der Waals surface area contributed by atoms with Gasteiger partial charge in [-0.1, -0.05) is 0 Å². The van der Waals surface area contributed by atoms with Crippen LogP contribution in [0.1, 0.15) is 6.92 Å². The molecule has 0 radical (unpaired) electrons. The number of rotatable bonds is 1. The average molecular weight is 134 g/mol. The number of ether oxygens (including phenoxy) is 2. The molecule has 0 N–H and O–H groups in total. The number of carbonyl (C=O) groups is 1. The van der Waals surface area contributed by atoms with E-state index in [1.807, 2.05) is 0 Å². The van der Waals surface area contributed by atoms with Gasteiger partial charge < -0.3 is 9.47 Å². The number of halogens is 1. The highest BCUT2D eigenvalue weighted by atomic mass is 19.2. The van der Waals surface area contributed by atoms with Crippen molar-refractivity contribution in [1.29, 1.82) is 0 Å². The van der Waals surface area contributed by atoms with E-state index in [0.717, 1.165) is 0 Å². The summed E-state index contributed by atoms with van der Waals surface area (Å²) in [5.74, 6) is -1.79. The Balaban J connectivity index is 2.47. The Bertz CT molecular complexity index is 123. The smallest absolute Gasteiger partial charge is 0.232 e. The highest BCUT2D eigenvalue weighted by molar-refractivity contribution is 5.54. The number of hydrogen-bond donors (Lipinski definition) is 0. The van der Waals surface area contributed by atoms with Crippen LogP contribution in [-0.2, 0) is 14.3 Å². The normalized spacial score (nSPS) is 43.1. The van der Waals surface area contributed by atoms with Crippen molar-refractivity contribution in [3.63, 3.8) is 0 Å². The Morgan fingerprint density at radius 2 is 2.56 bits per heavy atom. The van der Waals surface area contributed by atoms with Crippen LogP contribution in [0.4, 0.5) is 4.39 Å². The molecule has 52 valence electrons. The Kier molecular flexibility index (Phi) is 1.50. The molecule has 0 spiro atoms. The van der Waals surface area contributed by atoms with Crippen LogP contribution >= 0.6 is 0 Å². The van der Waals surface area contributed by atoms with Crippen LogP contribution in [0.3, 0.4) is 0 Å². The predicted molar refractivity (Wildman–Crippen MR) is 26.4 cm³/mol. The summed E-state index contributed by atoms with van der Waals surface area (Å²) in [6.45, 7) is 1.05. The molecule has 0 amide bonds. The second kappa shape index (κ2) is 2.04. The van der Waals surface area contributed by atoms with Gasteiger partial charge in [-0.15, -0.1) is 0 Å². The number of alkyl halides is 1. The minimum Gasteiger partial charge on any atom is -0.340 e. The summed E-state index contributed by atoms with van der Waals surface area (Å²) in [6.07, 6.45) is -0.592. The van der Waals surface area contributed by atoms with Gasteiger partial charge in [0, 0.05) is 0 Å². The minimum atomic E-state index is -1.79. The maximum atomic E-state index is 12.5. The molecule has 1 aliphatic rings. The van der Waals surface area contributed by atoms with Gasteiger partial charge in [-0.05, 0) is 6.92 Å². The number of carbonyl (C=O) groups excluding carboxylic acids is 1. The molecule has 1 aliphatic heterocycles. The fraction of sp³-hybridized carbons (Fsp3) is 0.800. The van der Waals surface area contributed by atoms with E-state index < -0.39 is 12.1 Å². The van der Waals surface area contributed by atoms with Crippen molar-refractivity contribution in [2.45, 2.75) is 19.1 Å². The summed E-state index contributed by atoms with van der Waals surface area (Å²) in [4.78, 5) is 9.88. The molecule has 0 saturated carbocycles. The molecule has 1 saturated heterocycles. The summed E-state index contributed by atoms with van der Waals surface area (Å²) in [6, 6.07) is 0. The van der Waals surface area contributed by atoms with Gasteiger partial charge in [-0.25, -0.2) is 4.39 Å². The maximum absolute atomic E-state index is 12.5. The summed E-state index contributed by atoms with van der Waals surface area (Å²) in [7, 11) is 0. The fourth-order valence-electron chi connectivity index (χ4n) is 0.608. The average Bonchev–Trinajstić information content (AvgIpc) is 2.10. The van der Waals surface area contributed by atoms with Crippen LogP contribution < -0.4 is 0 Å². The fourth-order valence-corrected chi connectivity index (χ4v) is 0.608. The lowest BCUT2D eigenvalue weighted by atomic mass is 10.4. The van der Waals surface area contributed by atoms with Crippen molar-refractivity contribution >= 4 is 6.29 Å². The van der Waals surface area contributed by atoms with Crippen LogP contribution in [0.25, 0.3) is 0 Å². The van der Waals surface area contributed by atoms with Gasteiger partial charge in [0.2, 0.25) is 12.1 Å². The van der Waals surface area contributed by atoms with Crippen molar-refractivity contribution < 1.29 is 18.7 Å².